The van der Waals surface area contributed by atoms with Gasteiger partial charge in [-0.2, -0.15) is 0 Å². The van der Waals surface area contributed by atoms with Gasteiger partial charge in [-0.25, -0.2) is 0 Å². The van der Waals surface area contributed by atoms with Crippen LogP contribution in [0.15, 0.2) is 28.8 Å². The fraction of sp³-hybridized carbons (Fsp3) is 0.400. The van der Waals surface area contributed by atoms with Gasteiger partial charge in [0.2, 0.25) is 0 Å². The highest BCUT2D eigenvalue weighted by Gasteiger charge is 2.21. The van der Waals surface area contributed by atoms with Crippen molar-refractivity contribution in [3.05, 3.63) is 29.8 Å². The first-order chi connectivity index (χ1) is 8.97. The number of nitrogens with zero attached hydrogens (tertiary/aromatic N) is 1. The summed E-state index contributed by atoms with van der Waals surface area (Å²) in [5.41, 5.74) is 7.83. The van der Waals surface area contributed by atoms with E-state index in [4.69, 9.17) is 15.0 Å². The van der Waals surface area contributed by atoms with Crippen LogP contribution in [0.4, 0.5) is 5.82 Å². The molecule has 0 aliphatic rings. The summed E-state index contributed by atoms with van der Waals surface area (Å²) in [6.45, 7) is 6.61. The van der Waals surface area contributed by atoms with E-state index in [1.165, 1.54) is 5.56 Å². The van der Waals surface area contributed by atoms with Crippen molar-refractivity contribution in [1.82, 2.24) is 5.16 Å². The molecule has 2 rings (SSSR count). The van der Waals surface area contributed by atoms with Crippen molar-refractivity contribution in [2.75, 3.05) is 12.8 Å². The lowest BCUT2D eigenvalue weighted by molar-refractivity contribution is 0.406. The Morgan fingerprint density at radius 3 is 2.58 bits per heavy atom. The molecule has 0 aliphatic carbocycles. The lowest BCUT2D eigenvalue weighted by atomic mass is 9.81. The lowest BCUT2D eigenvalue weighted by Crippen LogP contribution is -2.15. The van der Waals surface area contributed by atoms with E-state index < -0.39 is 0 Å². The summed E-state index contributed by atoms with van der Waals surface area (Å²) in [5, 5.41) is 3.73. The van der Waals surface area contributed by atoms with Gasteiger partial charge in [0, 0.05) is 6.07 Å². The molecule has 0 fully saturated rings. The van der Waals surface area contributed by atoms with Gasteiger partial charge in [-0.15, -0.1) is 0 Å². The zero-order valence-electron chi connectivity index (χ0n) is 11.9. The van der Waals surface area contributed by atoms with Crippen molar-refractivity contribution in [2.45, 2.75) is 32.6 Å². The lowest BCUT2D eigenvalue weighted by Gasteiger charge is -2.24. The average Bonchev–Trinajstić information content (AvgIpc) is 2.84. The van der Waals surface area contributed by atoms with Gasteiger partial charge < -0.3 is 15.0 Å². The third kappa shape index (κ3) is 2.57. The summed E-state index contributed by atoms with van der Waals surface area (Å²) in [6.07, 6.45) is 1.05. The molecule has 0 radical (unpaired) electrons. The first-order valence-electron chi connectivity index (χ1n) is 6.39. The Bertz CT molecular complexity index is 573. The van der Waals surface area contributed by atoms with Crippen molar-refractivity contribution < 1.29 is 9.26 Å². The first kappa shape index (κ1) is 13.5. The Labute approximate surface area is 113 Å². The molecule has 102 valence electrons. The molecular formula is C15H20N2O2. The van der Waals surface area contributed by atoms with Crippen molar-refractivity contribution in [2.24, 2.45) is 0 Å². The Balaban J connectivity index is 2.54. The SMILES string of the molecule is CCC(C)(C)c1ccc(OC)c(-c2cc(N)no2)c1. The van der Waals surface area contributed by atoms with E-state index in [-0.39, 0.29) is 5.41 Å². The topological polar surface area (TPSA) is 61.3 Å². The number of nitrogen functional groups attached to an aromatic ring is 1. The van der Waals surface area contributed by atoms with Gasteiger partial charge >= 0.3 is 0 Å². The third-order valence-corrected chi connectivity index (χ3v) is 3.66. The predicted molar refractivity (Wildman–Crippen MR) is 76.2 cm³/mol. The maximum Gasteiger partial charge on any atom is 0.172 e. The average molecular weight is 260 g/mol. The number of hydrogen-bond donors (Lipinski definition) is 1. The molecular weight excluding hydrogens is 240 g/mol. The highest BCUT2D eigenvalue weighted by Crippen LogP contribution is 2.36. The maximum atomic E-state index is 5.61. The molecule has 0 saturated carbocycles. The summed E-state index contributed by atoms with van der Waals surface area (Å²) >= 11 is 0. The van der Waals surface area contributed by atoms with E-state index in [1.807, 2.05) is 6.07 Å². The van der Waals surface area contributed by atoms with E-state index in [1.54, 1.807) is 13.2 Å². The zero-order chi connectivity index (χ0) is 14.0. The highest BCUT2D eigenvalue weighted by molar-refractivity contribution is 5.68. The minimum Gasteiger partial charge on any atom is -0.496 e. The number of aromatic nitrogens is 1. The number of methoxy groups -OCH3 is 1. The number of rotatable bonds is 4. The minimum absolute atomic E-state index is 0.104. The van der Waals surface area contributed by atoms with E-state index in [0.29, 0.717) is 11.6 Å². The van der Waals surface area contributed by atoms with E-state index in [2.05, 4.69) is 38.1 Å². The Kier molecular flexibility index (Phi) is 3.51. The van der Waals surface area contributed by atoms with Crippen molar-refractivity contribution >= 4 is 5.82 Å². The second-order valence-corrected chi connectivity index (χ2v) is 5.27. The van der Waals surface area contributed by atoms with E-state index in [9.17, 15) is 0 Å². The number of benzene rings is 1. The predicted octanol–water partition coefficient (Wildman–Crippen LogP) is 3.62. The van der Waals surface area contributed by atoms with Gasteiger partial charge in [0.1, 0.15) is 5.75 Å². The van der Waals surface area contributed by atoms with Gasteiger partial charge in [0.15, 0.2) is 11.6 Å². The summed E-state index contributed by atoms with van der Waals surface area (Å²) in [5.74, 6) is 1.76. The van der Waals surface area contributed by atoms with Crippen LogP contribution in [-0.2, 0) is 5.41 Å². The molecule has 0 unspecified atom stereocenters. The first-order valence-corrected chi connectivity index (χ1v) is 6.39. The van der Waals surface area contributed by atoms with Gasteiger partial charge in [-0.1, -0.05) is 32.0 Å². The smallest absolute Gasteiger partial charge is 0.172 e. The van der Waals surface area contributed by atoms with Crippen molar-refractivity contribution in [1.29, 1.82) is 0 Å². The number of anilines is 1. The van der Waals surface area contributed by atoms with Gasteiger partial charge in [-0.3, -0.25) is 0 Å². The molecule has 1 heterocycles. The van der Waals surface area contributed by atoms with Crippen LogP contribution in [0.3, 0.4) is 0 Å². The largest absolute Gasteiger partial charge is 0.496 e. The molecule has 19 heavy (non-hydrogen) atoms. The summed E-state index contributed by atoms with van der Waals surface area (Å²) in [4.78, 5) is 0. The van der Waals surface area contributed by atoms with Crippen LogP contribution in [0, 0.1) is 0 Å². The highest BCUT2D eigenvalue weighted by atomic mass is 16.5. The molecule has 1 aromatic carbocycles. The Morgan fingerprint density at radius 1 is 1.32 bits per heavy atom. The third-order valence-electron chi connectivity index (χ3n) is 3.66. The van der Waals surface area contributed by atoms with Crippen LogP contribution in [0.25, 0.3) is 11.3 Å². The standard InChI is InChI=1S/C15H20N2O2/c1-5-15(2,3)10-6-7-12(18-4)11(8-10)13-9-14(16)17-19-13/h6-9H,5H2,1-4H3,(H2,16,17). The van der Waals surface area contributed by atoms with Crippen molar-refractivity contribution in [3.8, 4) is 17.1 Å². The molecule has 0 spiro atoms. The second kappa shape index (κ2) is 4.96. The van der Waals surface area contributed by atoms with E-state index in [0.717, 1.165) is 17.7 Å². The molecule has 4 nitrogen and oxygen atoms in total. The molecule has 0 bridgehead atoms. The zero-order valence-corrected chi connectivity index (χ0v) is 11.9. The molecule has 0 atom stereocenters. The van der Waals surface area contributed by atoms with Gasteiger partial charge in [0.05, 0.1) is 12.7 Å². The van der Waals surface area contributed by atoms with Gasteiger partial charge in [-0.05, 0) is 29.5 Å². The molecule has 0 aliphatic heterocycles. The van der Waals surface area contributed by atoms with Crippen molar-refractivity contribution in [3.63, 3.8) is 0 Å². The van der Waals surface area contributed by atoms with Crippen LogP contribution in [0.2, 0.25) is 0 Å². The summed E-state index contributed by atoms with van der Waals surface area (Å²) in [6, 6.07) is 7.84. The van der Waals surface area contributed by atoms with Crippen LogP contribution in [0.5, 0.6) is 5.75 Å². The summed E-state index contributed by atoms with van der Waals surface area (Å²) in [7, 11) is 1.64. The maximum absolute atomic E-state index is 5.61. The normalized spacial score (nSPS) is 11.6. The molecule has 0 saturated heterocycles. The number of ether oxygens (including phenoxy) is 1. The molecule has 0 amide bonds. The molecule has 4 heteroatoms. The number of hydrogen-bond acceptors (Lipinski definition) is 4. The molecule has 2 N–H and O–H groups in total. The molecule has 1 aromatic heterocycles. The summed E-state index contributed by atoms with van der Waals surface area (Å²) < 4.78 is 10.6. The minimum atomic E-state index is 0.104. The Morgan fingerprint density at radius 2 is 2.05 bits per heavy atom. The monoisotopic (exact) mass is 260 g/mol. The van der Waals surface area contributed by atoms with Crippen LogP contribution in [0.1, 0.15) is 32.8 Å². The fourth-order valence-corrected chi connectivity index (χ4v) is 1.94. The fourth-order valence-electron chi connectivity index (χ4n) is 1.94. The number of nitrogens with two attached hydrogens (primary N) is 1. The van der Waals surface area contributed by atoms with Crippen LogP contribution >= 0.6 is 0 Å². The van der Waals surface area contributed by atoms with Gasteiger partial charge in [0.25, 0.3) is 0 Å². The Hall–Kier alpha value is -1.97. The van der Waals surface area contributed by atoms with E-state index >= 15 is 0 Å². The quantitative estimate of drug-likeness (QED) is 0.912. The van der Waals surface area contributed by atoms with Crippen LogP contribution < -0.4 is 10.5 Å². The second-order valence-electron chi connectivity index (χ2n) is 5.27. The van der Waals surface area contributed by atoms with Crippen LogP contribution in [-0.4, -0.2) is 12.3 Å². The molecule has 2 aromatic rings.